The molecule has 1 rings (SSSR count). The number of carbonyl (C=O) groups is 1. The summed E-state index contributed by atoms with van der Waals surface area (Å²) in [6, 6.07) is -0.193. The summed E-state index contributed by atoms with van der Waals surface area (Å²) in [4.78, 5) is 22.7. The number of nitrogens with zero attached hydrogens (tertiary/aromatic N) is 1. The predicted molar refractivity (Wildman–Crippen MR) is 40.7 cm³/mol. The van der Waals surface area contributed by atoms with Crippen molar-refractivity contribution >= 4 is 12.2 Å². The third kappa shape index (κ3) is 1.79. The lowest BCUT2D eigenvalue weighted by atomic mass is 10.0. The highest BCUT2D eigenvalue weighted by Gasteiger charge is 2.24. The quantitative estimate of drug-likeness (QED) is 0.580. The van der Waals surface area contributed by atoms with Crippen LogP contribution < -0.4 is 0 Å². The minimum atomic E-state index is -0.193. The fourth-order valence-electron chi connectivity index (χ4n) is 1.46. The van der Waals surface area contributed by atoms with Crippen LogP contribution in [0.1, 0.15) is 26.2 Å². The molecule has 0 N–H and O–H groups in total. The molecule has 3 nitrogen and oxygen atoms in total. The van der Waals surface area contributed by atoms with Crippen LogP contribution >= 0.6 is 0 Å². The molecule has 1 unspecified atom stereocenters. The summed E-state index contributed by atoms with van der Waals surface area (Å²) in [5.74, 6) is 0.0769. The van der Waals surface area contributed by atoms with Crippen molar-refractivity contribution in [3.05, 3.63) is 0 Å². The molecular formula is C8H12NO2. The first kappa shape index (κ1) is 8.24. The number of piperidine rings is 1. The Hall–Kier alpha value is -0.860. The molecule has 0 saturated carbocycles. The second kappa shape index (κ2) is 3.51. The van der Waals surface area contributed by atoms with Crippen LogP contribution in [0, 0.1) is 0 Å². The minimum Gasteiger partial charge on any atom is -0.324 e. The maximum atomic E-state index is 10.9. The van der Waals surface area contributed by atoms with Gasteiger partial charge >= 0.3 is 6.41 Å². The van der Waals surface area contributed by atoms with Crippen molar-refractivity contribution in [1.29, 1.82) is 0 Å². The highest BCUT2D eigenvalue weighted by atomic mass is 16.1. The van der Waals surface area contributed by atoms with Gasteiger partial charge in [0, 0.05) is 6.54 Å². The second-order valence-corrected chi connectivity index (χ2v) is 2.91. The van der Waals surface area contributed by atoms with Crippen LogP contribution in [0.2, 0.25) is 0 Å². The lowest BCUT2D eigenvalue weighted by molar-refractivity contribution is -0.121. The number of amides is 1. The van der Waals surface area contributed by atoms with Crippen molar-refractivity contribution in [2.24, 2.45) is 0 Å². The number of likely N-dealkylation sites (tertiary alicyclic amines) is 1. The van der Waals surface area contributed by atoms with Gasteiger partial charge in [-0.2, -0.15) is 0 Å². The van der Waals surface area contributed by atoms with Gasteiger partial charge in [-0.1, -0.05) is 0 Å². The first-order chi connectivity index (χ1) is 5.25. The van der Waals surface area contributed by atoms with E-state index in [0.717, 1.165) is 19.3 Å². The molecule has 0 bridgehead atoms. The molecule has 1 amide bonds. The lowest BCUT2D eigenvalue weighted by Gasteiger charge is -2.29. The van der Waals surface area contributed by atoms with Gasteiger partial charge in [-0.15, -0.1) is 0 Å². The van der Waals surface area contributed by atoms with Crippen LogP contribution in [-0.4, -0.2) is 29.7 Å². The minimum absolute atomic E-state index is 0.0769. The van der Waals surface area contributed by atoms with Gasteiger partial charge in [0.2, 0.25) is 0 Å². The molecular weight excluding hydrogens is 142 g/mol. The van der Waals surface area contributed by atoms with Crippen molar-refractivity contribution in [3.63, 3.8) is 0 Å². The Morgan fingerprint density at radius 1 is 1.55 bits per heavy atom. The zero-order chi connectivity index (χ0) is 8.27. The van der Waals surface area contributed by atoms with Gasteiger partial charge in [-0.3, -0.25) is 9.59 Å². The molecule has 1 atom stereocenters. The number of carbonyl (C=O) groups excluding carboxylic acids is 2. The maximum Gasteiger partial charge on any atom is 0.312 e. The van der Waals surface area contributed by atoms with Crippen LogP contribution in [0.15, 0.2) is 0 Å². The number of rotatable bonds is 2. The van der Waals surface area contributed by atoms with E-state index in [4.69, 9.17) is 0 Å². The number of Topliss-reactive ketones (excluding diaryl/α,β-unsaturated/α-hetero) is 1. The van der Waals surface area contributed by atoms with E-state index in [1.54, 1.807) is 6.41 Å². The number of hydrogen-bond acceptors (Lipinski definition) is 2. The fraction of sp³-hybridized carbons (Fsp3) is 0.750. The molecule has 0 aromatic rings. The molecule has 0 aromatic heterocycles. The zero-order valence-corrected chi connectivity index (χ0v) is 6.67. The van der Waals surface area contributed by atoms with Gasteiger partial charge in [0.1, 0.15) is 0 Å². The van der Waals surface area contributed by atoms with E-state index in [1.807, 2.05) is 0 Å². The predicted octanol–water partition coefficient (Wildman–Crippen LogP) is 0.497. The highest BCUT2D eigenvalue weighted by molar-refractivity contribution is 5.83. The summed E-state index contributed by atoms with van der Waals surface area (Å²) in [5, 5.41) is 0. The maximum absolute atomic E-state index is 10.9. The van der Waals surface area contributed by atoms with E-state index >= 15 is 0 Å². The first-order valence-corrected chi connectivity index (χ1v) is 3.90. The van der Waals surface area contributed by atoms with Crippen LogP contribution in [0.25, 0.3) is 0 Å². The highest BCUT2D eigenvalue weighted by Crippen LogP contribution is 2.15. The topological polar surface area (TPSA) is 37.4 Å². The summed E-state index contributed by atoms with van der Waals surface area (Å²) in [6.45, 7) is 2.22. The van der Waals surface area contributed by atoms with Crippen LogP contribution in [0.4, 0.5) is 0 Å². The number of ketones is 1. The Balaban J connectivity index is 2.58. The molecule has 1 heterocycles. The Morgan fingerprint density at radius 2 is 2.27 bits per heavy atom. The largest absolute Gasteiger partial charge is 0.324 e. The molecule has 3 heteroatoms. The summed E-state index contributed by atoms with van der Waals surface area (Å²) in [5.41, 5.74) is 0. The van der Waals surface area contributed by atoms with Gasteiger partial charge in [0.15, 0.2) is 5.78 Å². The lowest BCUT2D eigenvalue weighted by Crippen LogP contribution is -2.42. The van der Waals surface area contributed by atoms with Gasteiger partial charge in [0.25, 0.3) is 0 Å². The average molecular weight is 154 g/mol. The van der Waals surface area contributed by atoms with Crippen molar-refractivity contribution in [2.45, 2.75) is 32.2 Å². The zero-order valence-electron chi connectivity index (χ0n) is 6.67. The van der Waals surface area contributed by atoms with Crippen molar-refractivity contribution in [2.75, 3.05) is 6.54 Å². The molecule has 1 radical (unpaired) electrons. The Morgan fingerprint density at radius 3 is 2.73 bits per heavy atom. The first-order valence-electron chi connectivity index (χ1n) is 3.90. The third-order valence-electron chi connectivity index (χ3n) is 2.09. The summed E-state index contributed by atoms with van der Waals surface area (Å²) in [7, 11) is 0. The van der Waals surface area contributed by atoms with Crippen molar-refractivity contribution < 1.29 is 9.59 Å². The third-order valence-corrected chi connectivity index (χ3v) is 2.09. The van der Waals surface area contributed by atoms with E-state index in [-0.39, 0.29) is 11.8 Å². The van der Waals surface area contributed by atoms with E-state index < -0.39 is 0 Å². The second-order valence-electron chi connectivity index (χ2n) is 2.91. The normalized spacial score (nSPS) is 24.8. The van der Waals surface area contributed by atoms with Crippen LogP contribution in [0.3, 0.4) is 0 Å². The molecule has 0 aromatic carbocycles. The SMILES string of the molecule is CC(=O)C1CCCCN1[C]=O. The summed E-state index contributed by atoms with van der Waals surface area (Å²) in [6.07, 6.45) is 4.65. The van der Waals surface area contributed by atoms with E-state index in [1.165, 1.54) is 11.8 Å². The average Bonchev–Trinajstić information content (AvgIpc) is 2.04. The van der Waals surface area contributed by atoms with E-state index in [0.29, 0.717) is 6.54 Å². The molecule has 1 aliphatic rings. The fourth-order valence-corrected chi connectivity index (χ4v) is 1.46. The van der Waals surface area contributed by atoms with Gasteiger partial charge in [0.05, 0.1) is 6.04 Å². The molecule has 0 spiro atoms. The van der Waals surface area contributed by atoms with E-state index in [9.17, 15) is 9.59 Å². The van der Waals surface area contributed by atoms with Gasteiger partial charge in [-0.25, -0.2) is 0 Å². The van der Waals surface area contributed by atoms with E-state index in [2.05, 4.69) is 0 Å². The molecule has 1 aliphatic heterocycles. The molecule has 61 valence electrons. The van der Waals surface area contributed by atoms with Crippen LogP contribution in [0.5, 0.6) is 0 Å². The summed E-state index contributed by atoms with van der Waals surface area (Å²) >= 11 is 0. The standard InChI is InChI=1S/C8H12NO2/c1-7(11)8-4-2-3-5-9(8)6-10/h8H,2-5H2,1H3. The Bertz CT molecular complexity index is 167. The molecule has 0 aliphatic carbocycles. The van der Waals surface area contributed by atoms with Gasteiger partial charge in [-0.05, 0) is 26.2 Å². The van der Waals surface area contributed by atoms with Crippen LogP contribution in [-0.2, 0) is 9.59 Å². The van der Waals surface area contributed by atoms with Gasteiger partial charge < -0.3 is 4.90 Å². The Labute approximate surface area is 66.4 Å². The smallest absolute Gasteiger partial charge is 0.312 e. The molecule has 1 fully saturated rings. The van der Waals surface area contributed by atoms with Crippen molar-refractivity contribution in [1.82, 2.24) is 4.90 Å². The number of hydrogen-bond donors (Lipinski definition) is 0. The Kier molecular flexibility index (Phi) is 2.63. The summed E-state index contributed by atoms with van der Waals surface area (Å²) < 4.78 is 0. The monoisotopic (exact) mass is 154 g/mol. The molecule has 1 saturated heterocycles. The molecule has 11 heavy (non-hydrogen) atoms. The van der Waals surface area contributed by atoms with Crippen molar-refractivity contribution in [3.8, 4) is 0 Å².